The van der Waals surface area contributed by atoms with Crippen LogP contribution in [0.25, 0.3) is 11.3 Å². The molecule has 1 aliphatic heterocycles. The highest BCUT2D eigenvalue weighted by atomic mass is 79.9. The summed E-state index contributed by atoms with van der Waals surface area (Å²) in [7, 11) is -0.326. The van der Waals surface area contributed by atoms with Gasteiger partial charge in [-0.05, 0) is 55.3 Å². The van der Waals surface area contributed by atoms with Gasteiger partial charge in [0.25, 0.3) is 0 Å². The number of nitrogens with zero attached hydrogens (tertiary/aromatic N) is 2. The molecule has 2 aromatic carbocycles. The second kappa shape index (κ2) is 10.4. The average molecular weight is 566 g/mol. The zero-order valence-electron chi connectivity index (χ0n) is 18.7. The summed E-state index contributed by atoms with van der Waals surface area (Å²) in [6.45, 7) is 0.516. The van der Waals surface area contributed by atoms with E-state index < -0.39 is 15.9 Å². The molecule has 1 aliphatic rings. The maximum atomic E-state index is 13.2. The molecule has 0 radical (unpaired) electrons. The van der Waals surface area contributed by atoms with Gasteiger partial charge in [-0.25, -0.2) is 13.4 Å². The third-order valence-corrected chi connectivity index (χ3v) is 8.95. The van der Waals surface area contributed by atoms with Crippen LogP contribution in [0.5, 0.6) is 5.75 Å². The third-order valence-electron chi connectivity index (χ3n) is 5.68. The van der Waals surface area contributed by atoms with Crippen molar-refractivity contribution in [1.82, 2.24) is 9.29 Å². The van der Waals surface area contributed by atoms with Gasteiger partial charge in [-0.3, -0.25) is 4.79 Å². The molecule has 1 unspecified atom stereocenters. The molecule has 1 fully saturated rings. The monoisotopic (exact) mass is 564 g/mol. The van der Waals surface area contributed by atoms with Gasteiger partial charge in [0.2, 0.25) is 15.9 Å². The molecular weight excluding hydrogens is 540 g/mol. The Labute approximate surface area is 211 Å². The second-order valence-electron chi connectivity index (χ2n) is 7.85. The first-order valence-corrected chi connectivity index (χ1v) is 13.8. The van der Waals surface area contributed by atoms with Crippen molar-refractivity contribution in [3.63, 3.8) is 0 Å². The Kier molecular flexibility index (Phi) is 7.56. The average Bonchev–Trinajstić information content (AvgIpc) is 3.34. The molecule has 2 heterocycles. The van der Waals surface area contributed by atoms with Crippen molar-refractivity contribution in [3.8, 4) is 17.0 Å². The van der Waals surface area contributed by atoms with Crippen molar-refractivity contribution in [3.05, 3.63) is 52.3 Å². The maximum Gasteiger partial charge on any atom is 0.243 e. The highest BCUT2D eigenvalue weighted by Gasteiger charge is 2.33. The molecule has 0 spiro atoms. The Morgan fingerprint density at radius 1 is 1.24 bits per heavy atom. The minimum atomic E-state index is -3.68. The molecule has 1 amide bonds. The van der Waals surface area contributed by atoms with Crippen LogP contribution in [0.2, 0.25) is 0 Å². The summed E-state index contributed by atoms with van der Waals surface area (Å²) in [5, 5.41) is 8.70. The third kappa shape index (κ3) is 5.27. The van der Waals surface area contributed by atoms with E-state index in [-0.39, 0.29) is 17.3 Å². The van der Waals surface area contributed by atoms with Crippen molar-refractivity contribution >= 4 is 54.0 Å². The van der Waals surface area contributed by atoms with Crippen molar-refractivity contribution in [2.45, 2.75) is 17.7 Å². The molecule has 0 saturated carbocycles. The Balaban J connectivity index is 1.52. The number of ether oxygens (including phenoxy) is 1. The van der Waals surface area contributed by atoms with Crippen LogP contribution in [-0.2, 0) is 14.8 Å². The number of thiazole rings is 1. The van der Waals surface area contributed by atoms with E-state index in [4.69, 9.17) is 4.74 Å². The quantitative estimate of drug-likeness (QED) is 0.432. The maximum absolute atomic E-state index is 13.2. The lowest BCUT2D eigenvalue weighted by molar-refractivity contribution is -0.120. The fourth-order valence-corrected chi connectivity index (χ4v) is 6.32. The lowest BCUT2D eigenvalue weighted by Gasteiger charge is -2.31. The Morgan fingerprint density at radius 3 is 2.68 bits per heavy atom. The van der Waals surface area contributed by atoms with Crippen molar-refractivity contribution in [2.75, 3.05) is 37.9 Å². The zero-order chi connectivity index (χ0) is 24.3. The first-order chi connectivity index (χ1) is 16.3. The number of piperidine rings is 1. The summed E-state index contributed by atoms with van der Waals surface area (Å²) in [5.41, 5.74) is 2.16. The topological polar surface area (TPSA) is 101 Å². The van der Waals surface area contributed by atoms with Gasteiger partial charge in [0.05, 0.1) is 29.3 Å². The largest absolute Gasteiger partial charge is 0.495 e. The summed E-state index contributed by atoms with van der Waals surface area (Å²) < 4.78 is 33.8. The lowest BCUT2D eigenvalue weighted by Crippen LogP contribution is -2.43. The van der Waals surface area contributed by atoms with E-state index in [1.807, 2.05) is 24.6 Å². The van der Waals surface area contributed by atoms with Crippen LogP contribution >= 0.6 is 27.3 Å². The number of rotatable bonds is 7. The predicted molar refractivity (Wildman–Crippen MR) is 138 cm³/mol. The number of aromatic nitrogens is 1. The van der Waals surface area contributed by atoms with Crippen molar-refractivity contribution in [2.24, 2.45) is 5.92 Å². The van der Waals surface area contributed by atoms with E-state index in [0.717, 1.165) is 20.9 Å². The van der Waals surface area contributed by atoms with Gasteiger partial charge >= 0.3 is 0 Å². The van der Waals surface area contributed by atoms with Crippen LogP contribution in [0.15, 0.2) is 57.2 Å². The zero-order valence-corrected chi connectivity index (χ0v) is 22.0. The molecule has 1 aromatic heterocycles. The lowest BCUT2D eigenvalue weighted by atomic mass is 9.98. The van der Waals surface area contributed by atoms with Gasteiger partial charge in [0, 0.05) is 35.6 Å². The first-order valence-electron chi connectivity index (χ1n) is 10.7. The van der Waals surface area contributed by atoms with Gasteiger partial charge in [-0.1, -0.05) is 15.9 Å². The molecule has 8 nitrogen and oxygen atoms in total. The van der Waals surface area contributed by atoms with Crippen LogP contribution in [0.4, 0.5) is 10.8 Å². The number of carbonyl (C=O) groups is 1. The highest BCUT2D eigenvalue weighted by molar-refractivity contribution is 9.10. The molecule has 4 rings (SSSR count). The minimum absolute atomic E-state index is 0.129. The number of benzene rings is 2. The molecule has 1 saturated heterocycles. The van der Waals surface area contributed by atoms with Gasteiger partial charge < -0.3 is 15.4 Å². The number of hydrogen-bond donors (Lipinski definition) is 2. The summed E-state index contributed by atoms with van der Waals surface area (Å²) >= 11 is 4.82. The van der Waals surface area contributed by atoms with E-state index >= 15 is 0 Å². The molecular formula is C23H25BrN4O4S2. The molecule has 0 bridgehead atoms. The second-order valence-corrected chi connectivity index (χ2v) is 11.6. The number of carbonyl (C=O) groups excluding carboxylic acids is 1. The first kappa shape index (κ1) is 24.6. The van der Waals surface area contributed by atoms with Crippen LogP contribution in [-0.4, -0.2) is 50.9 Å². The molecule has 0 aliphatic carbocycles. The molecule has 11 heteroatoms. The molecule has 34 heavy (non-hydrogen) atoms. The van der Waals surface area contributed by atoms with Crippen molar-refractivity contribution in [1.29, 1.82) is 0 Å². The van der Waals surface area contributed by atoms with Gasteiger partial charge in [0.1, 0.15) is 5.75 Å². The fraction of sp³-hybridized carbons (Fsp3) is 0.304. The number of anilines is 2. The molecule has 180 valence electrons. The van der Waals surface area contributed by atoms with Gasteiger partial charge in [-0.15, -0.1) is 11.3 Å². The minimum Gasteiger partial charge on any atom is -0.495 e. The Bertz CT molecular complexity index is 1280. The van der Waals surface area contributed by atoms with Crippen LogP contribution in [0.3, 0.4) is 0 Å². The standard InChI is InChI=1S/C23H25BrN4O4S2/c1-25-23-27-20(14-33-23)15-5-10-21(32-2)19(12-15)26-22(29)16-4-3-11-28(13-16)34(30,31)18-8-6-17(24)7-9-18/h5-10,12,14,16H,3-4,11,13H2,1-2H3,(H,25,27)(H,26,29). The number of halogens is 1. The van der Waals surface area contributed by atoms with Crippen LogP contribution in [0, 0.1) is 5.92 Å². The summed E-state index contributed by atoms with van der Waals surface area (Å²) in [6, 6.07) is 12.0. The fourth-order valence-electron chi connectivity index (χ4n) is 3.85. The van der Waals surface area contributed by atoms with E-state index in [0.29, 0.717) is 30.8 Å². The number of nitrogens with one attached hydrogen (secondary N) is 2. The summed E-state index contributed by atoms with van der Waals surface area (Å²) in [5.74, 6) is -0.181. The Morgan fingerprint density at radius 2 is 2.00 bits per heavy atom. The van der Waals surface area contributed by atoms with Gasteiger partial charge in [0.15, 0.2) is 5.13 Å². The summed E-state index contributed by atoms with van der Waals surface area (Å²) in [4.78, 5) is 17.9. The van der Waals surface area contributed by atoms with E-state index in [2.05, 4.69) is 31.5 Å². The smallest absolute Gasteiger partial charge is 0.243 e. The normalized spacial score (nSPS) is 16.7. The van der Waals surface area contributed by atoms with Crippen LogP contribution < -0.4 is 15.4 Å². The molecule has 1 atom stereocenters. The number of sulfonamides is 1. The molecule has 3 aromatic rings. The van der Waals surface area contributed by atoms with E-state index in [9.17, 15) is 13.2 Å². The number of methoxy groups -OCH3 is 1. The van der Waals surface area contributed by atoms with Gasteiger partial charge in [-0.2, -0.15) is 4.31 Å². The van der Waals surface area contributed by atoms with E-state index in [1.54, 1.807) is 37.4 Å². The SMILES string of the molecule is CNc1nc(-c2ccc(OC)c(NC(=O)C3CCCN(S(=O)(=O)c4ccc(Br)cc4)C3)c2)cs1. The van der Waals surface area contributed by atoms with Crippen molar-refractivity contribution < 1.29 is 17.9 Å². The highest BCUT2D eigenvalue weighted by Crippen LogP contribution is 2.33. The van der Waals surface area contributed by atoms with E-state index in [1.165, 1.54) is 15.6 Å². The predicted octanol–water partition coefficient (Wildman–Crippen LogP) is 4.66. The number of amides is 1. The Hall–Kier alpha value is -2.47. The molecule has 2 N–H and O–H groups in total. The van der Waals surface area contributed by atoms with Crippen LogP contribution in [0.1, 0.15) is 12.8 Å². The number of hydrogen-bond acceptors (Lipinski definition) is 7. The summed E-state index contributed by atoms with van der Waals surface area (Å²) in [6.07, 6.45) is 1.22.